The van der Waals surface area contributed by atoms with Crippen LogP contribution in [0.5, 0.6) is 0 Å². The highest BCUT2D eigenvalue weighted by Gasteiger charge is 2.65. The third-order valence-corrected chi connectivity index (χ3v) is 3.79. The number of rotatable bonds is 2. The first-order chi connectivity index (χ1) is 8.18. The molecule has 0 aromatic heterocycles. The number of hydrogen-bond donors (Lipinski definition) is 0. The molecule has 1 aliphatic carbocycles. The molecule has 0 amide bonds. The molecule has 1 heterocycles. The van der Waals surface area contributed by atoms with E-state index in [1.807, 2.05) is 0 Å². The van der Waals surface area contributed by atoms with E-state index >= 15 is 0 Å². The molecule has 104 valence electrons. The number of alkyl halides is 5. The van der Waals surface area contributed by atoms with Gasteiger partial charge >= 0.3 is 12.1 Å². The SMILES string of the molecule is O=C(C1CCOC2(CCC2)C1)C(F)(F)C(F)(F)F. The van der Waals surface area contributed by atoms with E-state index in [4.69, 9.17) is 4.74 Å². The predicted octanol–water partition coefficient (Wildman–Crippen LogP) is 3.10. The zero-order valence-corrected chi connectivity index (χ0v) is 9.53. The van der Waals surface area contributed by atoms with Crippen LogP contribution in [0.25, 0.3) is 0 Å². The van der Waals surface area contributed by atoms with Crippen LogP contribution in [-0.4, -0.2) is 30.1 Å². The van der Waals surface area contributed by atoms with Gasteiger partial charge in [-0.05, 0) is 32.1 Å². The van der Waals surface area contributed by atoms with Gasteiger partial charge in [0.25, 0.3) is 0 Å². The molecule has 1 saturated heterocycles. The lowest BCUT2D eigenvalue weighted by Crippen LogP contribution is -2.53. The summed E-state index contributed by atoms with van der Waals surface area (Å²) in [5, 5.41) is 0. The summed E-state index contributed by atoms with van der Waals surface area (Å²) in [6, 6.07) is 0. The molecule has 2 nitrogen and oxygen atoms in total. The van der Waals surface area contributed by atoms with Crippen molar-refractivity contribution >= 4 is 5.78 Å². The lowest BCUT2D eigenvalue weighted by Gasteiger charge is -2.47. The lowest BCUT2D eigenvalue weighted by molar-refractivity contribution is -0.272. The second kappa shape index (κ2) is 4.15. The third-order valence-electron chi connectivity index (χ3n) is 3.79. The van der Waals surface area contributed by atoms with Gasteiger partial charge in [0.05, 0.1) is 5.60 Å². The topological polar surface area (TPSA) is 26.3 Å². The van der Waals surface area contributed by atoms with Crippen LogP contribution in [0.4, 0.5) is 22.0 Å². The van der Waals surface area contributed by atoms with Crippen molar-refractivity contribution in [3.05, 3.63) is 0 Å². The Morgan fingerprint density at radius 2 is 1.78 bits per heavy atom. The number of carbonyl (C=O) groups is 1. The van der Waals surface area contributed by atoms with Crippen molar-refractivity contribution in [2.45, 2.75) is 49.8 Å². The van der Waals surface area contributed by atoms with E-state index in [-0.39, 0.29) is 19.4 Å². The highest BCUT2D eigenvalue weighted by Crippen LogP contribution is 2.47. The molecule has 2 rings (SSSR count). The molecule has 7 heteroatoms. The summed E-state index contributed by atoms with van der Waals surface area (Å²) in [6.45, 7) is 0.0738. The van der Waals surface area contributed by atoms with Crippen LogP contribution in [0.1, 0.15) is 32.1 Å². The van der Waals surface area contributed by atoms with Crippen LogP contribution in [0.3, 0.4) is 0 Å². The molecule has 1 atom stereocenters. The van der Waals surface area contributed by atoms with Gasteiger partial charge in [0.15, 0.2) is 0 Å². The molecule has 2 fully saturated rings. The third kappa shape index (κ3) is 2.13. The van der Waals surface area contributed by atoms with Gasteiger partial charge < -0.3 is 4.74 Å². The second-order valence-corrected chi connectivity index (χ2v) is 5.01. The van der Waals surface area contributed by atoms with Crippen LogP contribution in [0.2, 0.25) is 0 Å². The number of halogens is 5. The highest BCUT2D eigenvalue weighted by molar-refractivity contribution is 5.88. The fourth-order valence-electron chi connectivity index (χ4n) is 2.57. The molecule has 0 aromatic carbocycles. The standard InChI is InChI=1S/C11H13F5O2/c12-10(13,11(14,15)16)8(17)7-2-5-18-9(6-7)3-1-4-9/h7H,1-6H2. The summed E-state index contributed by atoms with van der Waals surface area (Å²) in [5.41, 5.74) is -0.625. The molecule has 0 bridgehead atoms. The molecule has 0 N–H and O–H groups in total. The van der Waals surface area contributed by atoms with E-state index in [0.29, 0.717) is 12.8 Å². The number of Topliss-reactive ketones (excluding diaryl/α,β-unsaturated/α-hetero) is 1. The van der Waals surface area contributed by atoms with Crippen molar-refractivity contribution in [3.8, 4) is 0 Å². The smallest absolute Gasteiger partial charge is 0.375 e. The van der Waals surface area contributed by atoms with Crippen molar-refractivity contribution in [2.24, 2.45) is 5.92 Å². The first kappa shape index (κ1) is 13.7. The molecule has 0 radical (unpaired) electrons. The summed E-state index contributed by atoms with van der Waals surface area (Å²) in [6.07, 6.45) is -3.77. The average molecular weight is 272 g/mol. The maximum atomic E-state index is 13.0. The van der Waals surface area contributed by atoms with E-state index in [9.17, 15) is 26.7 Å². The van der Waals surface area contributed by atoms with Gasteiger partial charge in [-0.2, -0.15) is 22.0 Å². The normalized spacial score (nSPS) is 27.9. The van der Waals surface area contributed by atoms with Crippen molar-refractivity contribution in [1.82, 2.24) is 0 Å². The second-order valence-electron chi connectivity index (χ2n) is 5.01. The van der Waals surface area contributed by atoms with Crippen LogP contribution >= 0.6 is 0 Å². The minimum atomic E-state index is -5.81. The van der Waals surface area contributed by atoms with Gasteiger partial charge in [0.1, 0.15) is 0 Å². The zero-order chi connectivity index (χ0) is 13.6. The number of carbonyl (C=O) groups excluding carboxylic acids is 1. The van der Waals surface area contributed by atoms with E-state index < -0.39 is 29.4 Å². The van der Waals surface area contributed by atoms with Gasteiger partial charge in [-0.3, -0.25) is 4.79 Å². The first-order valence-corrected chi connectivity index (χ1v) is 5.81. The Kier molecular flexibility index (Phi) is 3.16. The number of ether oxygens (including phenoxy) is 1. The lowest BCUT2D eigenvalue weighted by atomic mass is 9.70. The summed E-state index contributed by atoms with van der Waals surface area (Å²) >= 11 is 0. The largest absolute Gasteiger partial charge is 0.461 e. The van der Waals surface area contributed by atoms with Crippen molar-refractivity contribution in [1.29, 1.82) is 0 Å². The van der Waals surface area contributed by atoms with E-state index in [2.05, 4.69) is 0 Å². The molecule has 1 spiro atoms. The van der Waals surface area contributed by atoms with Crippen LogP contribution in [0, 0.1) is 5.92 Å². The summed E-state index contributed by atoms with van der Waals surface area (Å²) < 4.78 is 67.7. The minimum absolute atomic E-state index is 0.0164. The van der Waals surface area contributed by atoms with Crippen LogP contribution in [0.15, 0.2) is 0 Å². The minimum Gasteiger partial charge on any atom is -0.375 e. The quantitative estimate of drug-likeness (QED) is 0.722. The predicted molar refractivity (Wildman–Crippen MR) is 51.3 cm³/mol. The van der Waals surface area contributed by atoms with Gasteiger partial charge in [0.2, 0.25) is 5.78 Å². The maximum absolute atomic E-state index is 13.0. The van der Waals surface area contributed by atoms with Gasteiger partial charge in [0, 0.05) is 12.5 Å². The Balaban J connectivity index is 2.09. The maximum Gasteiger partial charge on any atom is 0.461 e. The van der Waals surface area contributed by atoms with Gasteiger partial charge in [-0.1, -0.05) is 0 Å². The first-order valence-electron chi connectivity index (χ1n) is 5.81. The van der Waals surface area contributed by atoms with E-state index in [1.165, 1.54) is 0 Å². The van der Waals surface area contributed by atoms with Crippen LogP contribution in [-0.2, 0) is 9.53 Å². The monoisotopic (exact) mass is 272 g/mol. The Hall–Kier alpha value is -0.720. The fourth-order valence-corrected chi connectivity index (χ4v) is 2.57. The summed E-state index contributed by atoms with van der Waals surface area (Å²) in [4.78, 5) is 11.4. The van der Waals surface area contributed by atoms with Gasteiger partial charge in [-0.25, -0.2) is 0 Å². The van der Waals surface area contributed by atoms with Crippen molar-refractivity contribution < 1.29 is 31.5 Å². The molecule has 1 saturated carbocycles. The zero-order valence-electron chi connectivity index (χ0n) is 9.53. The highest BCUT2D eigenvalue weighted by atomic mass is 19.4. The van der Waals surface area contributed by atoms with Crippen molar-refractivity contribution in [3.63, 3.8) is 0 Å². The summed E-state index contributed by atoms with van der Waals surface area (Å²) in [7, 11) is 0. The number of ketones is 1. The Labute approximate surface area is 100 Å². The van der Waals surface area contributed by atoms with Crippen LogP contribution < -0.4 is 0 Å². The molecule has 1 unspecified atom stereocenters. The van der Waals surface area contributed by atoms with E-state index in [1.54, 1.807) is 0 Å². The Morgan fingerprint density at radius 3 is 2.22 bits per heavy atom. The number of hydrogen-bond acceptors (Lipinski definition) is 2. The molecule has 1 aliphatic heterocycles. The molecule has 2 aliphatic rings. The fraction of sp³-hybridized carbons (Fsp3) is 0.909. The van der Waals surface area contributed by atoms with E-state index in [0.717, 1.165) is 6.42 Å². The average Bonchev–Trinajstić information content (AvgIpc) is 2.24. The molecular weight excluding hydrogens is 259 g/mol. The Bertz CT molecular complexity index is 346. The van der Waals surface area contributed by atoms with Gasteiger partial charge in [-0.15, -0.1) is 0 Å². The Morgan fingerprint density at radius 1 is 1.17 bits per heavy atom. The van der Waals surface area contributed by atoms with Crippen molar-refractivity contribution in [2.75, 3.05) is 6.61 Å². The molecule has 18 heavy (non-hydrogen) atoms. The summed E-state index contributed by atoms with van der Waals surface area (Å²) in [5.74, 6) is -8.51. The molecular formula is C11H13F5O2. The molecule has 0 aromatic rings.